The average Bonchev–Trinajstić information content (AvgIpc) is 3.10. The maximum atomic E-state index is 12.1. The largest absolute Gasteiger partial charge is 0.497 e. The first-order valence-corrected chi connectivity index (χ1v) is 10.3. The van der Waals surface area contributed by atoms with Crippen LogP contribution in [0.15, 0.2) is 36.7 Å². The molecule has 1 aliphatic rings. The number of rotatable bonds is 4. The second kappa shape index (κ2) is 7.97. The minimum absolute atomic E-state index is 0.0564. The quantitative estimate of drug-likeness (QED) is 0.709. The molecule has 0 spiro atoms. The summed E-state index contributed by atoms with van der Waals surface area (Å²) in [5, 5.41) is 8.67. The van der Waals surface area contributed by atoms with E-state index in [0.717, 1.165) is 41.6 Å². The number of nitrogens with zero attached hydrogens (tertiary/aromatic N) is 3. The molecule has 2 heterocycles. The van der Waals surface area contributed by atoms with Crippen LogP contribution in [-0.2, 0) is 24.1 Å². The Morgan fingerprint density at radius 3 is 2.70 bits per heavy atom. The fourth-order valence-corrected chi connectivity index (χ4v) is 3.89. The van der Waals surface area contributed by atoms with E-state index < -0.39 is 5.60 Å². The lowest BCUT2D eigenvalue weighted by Gasteiger charge is -2.27. The van der Waals surface area contributed by atoms with E-state index in [1.165, 1.54) is 11.1 Å². The number of aryl methyl sites for hydroxylation is 1. The van der Waals surface area contributed by atoms with Gasteiger partial charge in [0, 0.05) is 17.6 Å². The summed E-state index contributed by atoms with van der Waals surface area (Å²) in [6.45, 7) is 6.26. The van der Waals surface area contributed by atoms with E-state index in [1.54, 1.807) is 7.11 Å². The zero-order chi connectivity index (χ0) is 21.3. The molecular formula is C23H28N4O3. The van der Waals surface area contributed by atoms with Crippen LogP contribution in [-0.4, -0.2) is 39.6 Å². The highest BCUT2D eigenvalue weighted by Crippen LogP contribution is 2.28. The van der Waals surface area contributed by atoms with Crippen molar-refractivity contribution >= 4 is 17.1 Å². The Bertz CT molecular complexity index is 1050. The van der Waals surface area contributed by atoms with Crippen LogP contribution in [0.4, 0.5) is 4.79 Å². The maximum absolute atomic E-state index is 12.1. The monoisotopic (exact) mass is 408 g/mol. The number of ether oxygens (including phenoxy) is 2. The summed E-state index contributed by atoms with van der Waals surface area (Å²) in [4.78, 5) is 16.8. The molecule has 0 aliphatic heterocycles. The number of pyridine rings is 1. The molecule has 158 valence electrons. The van der Waals surface area contributed by atoms with Crippen molar-refractivity contribution < 1.29 is 14.3 Å². The SMILES string of the molecule is COc1ccc(Cn2ncc3c4c(cnc32)CC(NC(=O)OC(C)(C)C)CC4)cc1. The normalized spacial score (nSPS) is 16.2. The highest BCUT2D eigenvalue weighted by Gasteiger charge is 2.25. The average molecular weight is 409 g/mol. The molecule has 3 aromatic rings. The summed E-state index contributed by atoms with van der Waals surface area (Å²) in [5.41, 5.74) is 3.98. The van der Waals surface area contributed by atoms with E-state index in [4.69, 9.17) is 9.47 Å². The summed E-state index contributed by atoms with van der Waals surface area (Å²) in [6, 6.07) is 8.04. The molecule has 1 amide bonds. The number of methoxy groups -OCH3 is 1. The van der Waals surface area contributed by atoms with E-state index in [0.29, 0.717) is 6.54 Å². The van der Waals surface area contributed by atoms with E-state index in [9.17, 15) is 4.79 Å². The Balaban J connectivity index is 1.49. The van der Waals surface area contributed by atoms with Gasteiger partial charge in [0.1, 0.15) is 11.4 Å². The maximum Gasteiger partial charge on any atom is 0.407 e. The molecule has 2 aromatic heterocycles. The fraction of sp³-hybridized carbons (Fsp3) is 0.435. The second-order valence-corrected chi connectivity index (χ2v) is 8.74. The molecule has 0 saturated carbocycles. The first-order chi connectivity index (χ1) is 14.3. The van der Waals surface area contributed by atoms with Crippen molar-refractivity contribution in [3.63, 3.8) is 0 Å². The van der Waals surface area contributed by atoms with Gasteiger partial charge < -0.3 is 14.8 Å². The van der Waals surface area contributed by atoms with Crippen LogP contribution < -0.4 is 10.1 Å². The van der Waals surface area contributed by atoms with Crippen LogP contribution in [0.3, 0.4) is 0 Å². The number of nitrogens with one attached hydrogen (secondary N) is 1. The van der Waals surface area contributed by atoms with Gasteiger partial charge in [-0.1, -0.05) is 12.1 Å². The van der Waals surface area contributed by atoms with Crippen molar-refractivity contribution in [3.05, 3.63) is 53.3 Å². The van der Waals surface area contributed by atoms with Crippen molar-refractivity contribution in [1.29, 1.82) is 0 Å². The van der Waals surface area contributed by atoms with Crippen molar-refractivity contribution in [2.75, 3.05) is 7.11 Å². The summed E-state index contributed by atoms with van der Waals surface area (Å²) in [5.74, 6) is 0.839. The molecule has 0 saturated heterocycles. The number of hydrogen-bond acceptors (Lipinski definition) is 5. The predicted octanol–water partition coefficient (Wildman–Crippen LogP) is 3.87. The molecule has 4 rings (SSSR count). The Morgan fingerprint density at radius 1 is 1.23 bits per heavy atom. The van der Waals surface area contributed by atoms with Crippen LogP contribution in [0.5, 0.6) is 5.75 Å². The Kier molecular flexibility index (Phi) is 5.37. The Morgan fingerprint density at radius 2 is 2.00 bits per heavy atom. The van der Waals surface area contributed by atoms with Gasteiger partial charge in [0.15, 0.2) is 5.65 Å². The molecule has 1 aliphatic carbocycles. The van der Waals surface area contributed by atoms with Gasteiger partial charge in [0.05, 0.1) is 19.9 Å². The Hall–Kier alpha value is -3.09. The highest BCUT2D eigenvalue weighted by molar-refractivity contribution is 5.80. The molecule has 0 bridgehead atoms. The summed E-state index contributed by atoms with van der Waals surface area (Å²) in [7, 11) is 1.66. The minimum Gasteiger partial charge on any atom is -0.497 e. The summed E-state index contributed by atoms with van der Waals surface area (Å²) in [6.07, 6.45) is 5.97. The van der Waals surface area contributed by atoms with Gasteiger partial charge in [-0.2, -0.15) is 5.10 Å². The lowest BCUT2D eigenvalue weighted by molar-refractivity contribution is 0.0500. The van der Waals surface area contributed by atoms with Gasteiger partial charge >= 0.3 is 6.09 Å². The van der Waals surface area contributed by atoms with Crippen LogP contribution in [0.2, 0.25) is 0 Å². The molecule has 1 aromatic carbocycles. The van der Waals surface area contributed by atoms with Crippen molar-refractivity contribution in [1.82, 2.24) is 20.1 Å². The smallest absolute Gasteiger partial charge is 0.407 e. The lowest BCUT2D eigenvalue weighted by atomic mass is 9.88. The van der Waals surface area contributed by atoms with Crippen LogP contribution in [0.1, 0.15) is 43.9 Å². The highest BCUT2D eigenvalue weighted by atomic mass is 16.6. The lowest BCUT2D eigenvalue weighted by Crippen LogP contribution is -2.41. The zero-order valence-corrected chi connectivity index (χ0v) is 17.9. The van der Waals surface area contributed by atoms with Crippen LogP contribution >= 0.6 is 0 Å². The summed E-state index contributed by atoms with van der Waals surface area (Å²) < 4.78 is 12.5. The van der Waals surface area contributed by atoms with Crippen LogP contribution in [0, 0.1) is 0 Å². The van der Waals surface area contributed by atoms with E-state index in [-0.39, 0.29) is 12.1 Å². The predicted molar refractivity (Wildman–Crippen MR) is 115 cm³/mol. The standard InChI is InChI=1S/C23H28N4O3/c1-23(2,3)30-22(28)26-17-7-10-19-16(11-17)12-24-21-20(19)13-25-27(21)14-15-5-8-18(29-4)9-6-15/h5-6,8-9,12-13,17H,7,10-11,14H2,1-4H3,(H,26,28). The number of alkyl carbamates (subject to hydrolysis) is 1. The zero-order valence-electron chi connectivity index (χ0n) is 17.9. The molecule has 1 unspecified atom stereocenters. The molecule has 1 N–H and O–H groups in total. The van der Waals surface area contributed by atoms with E-state index >= 15 is 0 Å². The second-order valence-electron chi connectivity index (χ2n) is 8.74. The first kappa shape index (κ1) is 20.2. The number of fused-ring (bicyclic) bond motifs is 3. The molecule has 7 nitrogen and oxygen atoms in total. The number of amides is 1. The van der Waals surface area contributed by atoms with Crippen molar-refractivity contribution in [2.24, 2.45) is 0 Å². The number of carbonyl (C=O) groups is 1. The molecule has 0 radical (unpaired) electrons. The van der Waals surface area contributed by atoms with E-state index in [1.807, 2.05) is 62.1 Å². The van der Waals surface area contributed by atoms with Crippen molar-refractivity contribution in [2.45, 2.75) is 58.2 Å². The third-order valence-electron chi connectivity index (χ3n) is 5.29. The number of hydrogen-bond donors (Lipinski definition) is 1. The molecule has 30 heavy (non-hydrogen) atoms. The van der Waals surface area contributed by atoms with E-state index in [2.05, 4.69) is 15.4 Å². The molecular weight excluding hydrogens is 380 g/mol. The molecule has 0 fully saturated rings. The third kappa shape index (κ3) is 4.40. The van der Waals surface area contributed by atoms with Gasteiger partial charge in [-0.15, -0.1) is 0 Å². The topological polar surface area (TPSA) is 78.3 Å². The first-order valence-electron chi connectivity index (χ1n) is 10.3. The number of aromatic nitrogens is 3. The van der Waals surface area contributed by atoms with Gasteiger partial charge in [-0.25, -0.2) is 14.5 Å². The van der Waals surface area contributed by atoms with Gasteiger partial charge in [-0.05, 0) is 68.9 Å². The number of benzene rings is 1. The fourth-order valence-electron chi connectivity index (χ4n) is 3.89. The van der Waals surface area contributed by atoms with Gasteiger partial charge in [0.2, 0.25) is 0 Å². The Labute approximate surface area is 176 Å². The molecule has 1 atom stereocenters. The minimum atomic E-state index is -0.497. The summed E-state index contributed by atoms with van der Waals surface area (Å²) >= 11 is 0. The number of carbonyl (C=O) groups excluding carboxylic acids is 1. The van der Waals surface area contributed by atoms with Crippen LogP contribution in [0.25, 0.3) is 11.0 Å². The van der Waals surface area contributed by atoms with Gasteiger partial charge in [0.25, 0.3) is 0 Å². The molecule has 7 heteroatoms. The van der Waals surface area contributed by atoms with Crippen molar-refractivity contribution in [3.8, 4) is 5.75 Å². The third-order valence-corrected chi connectivity index (χ3v) is 5.29. The van der Waals surface area contributed by atoms with Gasteiger partial charge in [-0.3, -0.25) is 0 Å².